The minimum atomic E-state index is -1.52. The quantitative estimate of drug-likeness (QED) is 0.565. The van der Waals surface area contributed by atoms with Gasteiger partial charge < -0.3 is 24.5 Å². The molecule has 3 aromatic heterocycles. The highest BCUT2D eigenvalue weighted by atomic mass is 19.1. The van der Waals surface area contributed by atoms with Gasteiger partial charge in [0.05, 0.1) is 54.5 Å². The van der Waals surface area contributed by atoms with Gasteiger partial charge in [-0.2, -0.15) is 0 Å². The van der Waals surface area contributed by atoms with Gasteiger partial charge in [0.2, 0.25) is 0 Å². The lowest BCUT2D eigenvalue weighted by molar-refractivity contribution is -0.192. The molecule has 0 unspecified atom stereocenters. The van der Waals surface area contributed by atoms with Crippen LogP contribution < -0.4 is 15.6 Å². The van der Waals surface area contributed by atoms with E-state index in [1.807, 2.05) is 6.20 Å². The number of hydrogen-bond donors (Lipinski definition) is 2. The van der Waals surface area contributed by atoms with Crippen LogP contribution in [0.5, 0.6) is 5.75 Å². The second-order valence-corrected chi connectivity index (χ2v) is 11.0. The number of ether oxygens (including phenoxy) is 2. The van der Waals surface area contributed by atoms with E-state index >= 15 is 0 Å². The second kappa shape index (κ2) is 7.81. The summed E-state index contributed by atoms with van der Waals surface area (Å²) in [5.41, 5.74) is 0.835. The maximum absolute atomic E-state index is 15.0. The Morgan fingerprint density at radius 2 is 2.03 bits per heavy atom. The molecule has 0 spiro atoms. The largest absolute Gasteiger partial charge is 0.492 e. The highest BCUT2D eigenvalue weighted by Crippen LogP contribution is 2.51. The van der Waals surface area contributed by atoms with E-state index in [9.17, 15) is 14.3 Å². The van der Waals surface area contributed by atoms with Gasteiger partial charge in [0, 0.05) is 30.1 Å². The summed E-state index contributed by atoms with van der Waals surface area (Å²) in [6.07, 6.45) is 8.58. The fourth-order valence-corrected chi connectivity index (χ4v) is 6.75. The van der Waals surface area contributed by atoms with Crippen LogP contribution in [0.25, 0.3) is 11.0 Å². The Morgan fingerprint density at radius 3 is 2.83 bits per heavy atom. The van der Waals surface area contributed by atoms with Crippen molar-refractivity contribution in [3.05, 3.63) is 63.6 Å². The monoisotopic (exact) mass is 492 g/mol. The van der Waals surface area contributed by atoms with E-state index < -0.39 is 17.0 Å². The summed E-state index contributed by atoms with van der Waals surface area (Å²) < 4.78 is 28.6. The van der Waals surface area contributed by atoms with E-state index in [0.717, 1.165) is 62.8 Å². The molecule has 36 heavy (non-hydrogen) atoms. The maximum Gasteiger partial charge on any atom is 0.251 e. The number of nitrogens with zero attached hydrogens (tertiary/aromatic N) is 3. The van der Waals surface area contributed by atoms with Crippen LogP contribution in [0.2, 0.25) is 0 Å². The molecular formula is C27H29FN4O4. The van der Waals surface area contributed by atoms with Crippen LogP contribution in [0.3, 0.4) is 0 Å². The van der Waals surface area contributed by atoms with Gasteiger partial charge in [-0.15, -0.1) is 0 Å². The average Bonchev–Trinajstić information content (AvgIpc) is 3.21. The van der Waals surface area contributed by atoms with Crippen LogP contribution in [0, 0.1) is 5.82 Å². The lowest BCUT2D eigenvalue weighted by atomic mass is 9.67. The molecule has 1 saturated carbocycles. The number of hydrogen-bond acceptors (Lipinski definition) is 7. The van der Waals surface area contributed by atoms with E-state index in [-0.39, 0.29) is 29.6 Å². The molecule has 2 bridgehead atoms. The predicted octanol–water partition coefficient (Wildman–Crippen LogP) is 2.72. The predicted molar refractivity (Wildman–Crippen MR) is 129 cm³/mol. The first kappa shape index (κ1) is 22.3. The number of fused-ring (bicyclic) bond motifs is 4. The molecule has 4 aliphatic heterocycles. The Labute approximate surface area is 207 Å². The summed E-state index contributed by atoms with van der Waals surface area (Å²) in [5, 5.41) is 15.5. The molecule has 9 heteroatoms. The zero-order chi connectivity index (χ0) is 24.5. The van der Waals surface area contributed by atoms with E-state index in [0.29, 0.717) is 24.2 Å². The number of halogens is 1. The van der Waals surface area contributed by atoms with Crippen molar-refractivity contribution < 1.29 is 19.0 Å². The summed E-state index contributed by atoms with van der Waals surface area (Å²) in [6, 6.07) is 5.14. The van der Waals surface area contributed by atoms with Crippen LogP contribution in [0.1, 0.15) is 55.3 Å². The normalized spacial score (nSPS) is 30.4. The van der Waals surface area contributed by atoms with Crippen molar-refractivity contribution in [3.8, 4) is 5.75 Å². The van der Waals surface area contributed by atoms with Crippen LogP contribution in [0.4, 0.5) is 4.39 Å². The molecule has 1 aliphatic carbocycles. The summed E-state index contributed by atoms with van der Waals surface area (Å²) in [5.74, 6) is 0.313. The third kappa shape index (κ3) is 3.40. The minimum Gasteiger partial charge on any atom is -0.492 e. The molecule has 8 nitrogen and oxygen atoms in total. The zero-order valence-electron chi connectivity index (χ0n) is 20.1. The molecule has 3 fully saturated rings. The Balaban J connectivity index is 1.08. The van der Waals surface area contributed by atoms with Gasteiger partial charge in [0.15, 0.2) is 0 Å². The third-order valence-electron chi connectivity index (χ3n) is 8.73. The zero-order valence-corrected chi connectivity index (χ0v) is 20.1. The fraction of sp³-hybridized carbons (Fsp3) is 0.519. The first-order chi connectivity index (χ1) is 17.4. The van der Waals surface area contributed by atoms with Gasteiger partial charge in [-0.05, 0) is 56.2 Å². The van der Waals surface area contributed by atoms with Crippen LogP contribution >= 0.6 is 0 Å². The summed E-state index contributed by atoms with van der Waals surface area (Å²) in [6.45, 7) is 1.96. The molecule has 5 aliphatic rings. The van der Waals surface area contributed by atoms with Gasteiger partial charge in [-0.1, -0.05) is 0 Å². The van der Waals surface area contributed by atoms with Gasteiger partial charge in [0.1, 0.15) is 17.2 Å². The molecule has 3 aromatic rings. The average molecular weight is 493 g/mol. The molecule has 8 rings (SSSR count). The maximum atomic E-state index is 15.0. The van der Waals surface area contributed by atoms with Crippen LogP contribution in [-0.4, -0.2) is 44.0 Å². The minimum absolute atomic E-state index is 0.0172. The topological polar surface area (TPSA) is 98.5 Å². The van der Waals surface area contributed by atoms with E-state index in [2.05, 4.69) is 21.4 Å². The van der Waals surface area contributed by atoms with Crippen LogP contribution in [0.15, 0.2) is 35.4 Å². The standard InChI is InChI=1S/C27H29FN4O4/c28-19-12-30-20-3-4-22(33)32-15-27(34,23(19)24(20)32)14-26-7-5-25(6-8-26,16-36-26)31-11-18-10-17-2-1-9-35-21(17)13-29-18/h3-4,10,12-13,31,34H,1-2,5-9,11,14-16H2/t25?,26?,27-/m0/s1. The highest BCUT2D eigenvalue weighted by Gasteiger charge is 2.55. The molecular weight excluding hydrogens is 463 g/mol. The molecule has 0 aromatic carbocycles. The summed E-state index contributed by atoms with van der Waals surface area (Å²) in [7, 11) is 0. The number of pyridine rings is 3. The van der Waals surface area contributed by atoms with Crippen molar-refractivity contribution in [3.63, 3.8) is 0 Å². The summed E-state index contributed by atoms with van der Waals surface area (Å²) >= 11 is 0. The van der Waals surface area contributed by atoms with E-state index in [4.69, 9.17) is 9.47 Å². The van der Waals surface area contributed by atoms with E-state index in [1.54, 1.807) is 6.07 Å². The Kier molecular flexibility index (Phi) is 4.84. The van der Waals surface area contributed by atoms with Crippen molar-refractivity contribution in [2.24, 2.45) is 0 Å². The highest BCUT2D eigenvalue weighted by molar-refractivity contribution is 5.81. The SMILES string of the molecule is O=c1ccc2ncc(F)c3c2n1C[C@@]3(O)CC12CCC(NCc3cc4c(cn3)OCCC4)(CC1)CO2. The smallest absolute Gasteiger partial charge is 0.251 e. The number of rotatable bonds is 5. The molecule has 0 radical (unpaired) electrons. The molecule has 1 atom stereocenters. The van der Waals surface area contributed by atoms with Crippen molar-refractivity contribution in [2.75, 3.05) is 13.2 Å². The van der Waals surface area contributed by atoms with Crippen molar-refractivity contribution in [1.29, 1.82) is 0 Å². The number of aromatic nitrogens is 3. The Hall–Kier alpha value is -2.88. The first-order valence-corrected chi connectivity index (χ1v) is 12.8. The van der Waals surface area contributed by atoms with Crippen molar-refractivity contribution in [2.45, 2.75) is 74.8 Å². The summed E-state index contributed by atoms with van der Waals surface area (Å²) in [4.78, 5) is 21.2. The van der Waals surface area contributed by atoms with Crippen molar-refractivity contribution >= 4 is 11.0 Å². The fourth-order valence-electron chi connectivity index (χ4n) is 6.75. The van der Waals surface area contributed by atoms with E-state index in [1.165, 1.54) is 16.2 Å². The molecule has 2 saturated heterocycles. The second-order valence-electron chi connectivity index (χ2n) is 11.0. The molecule has 188 valence electrons. The first-order valence-electron chi connectivity index (χ1n) is 12.8. The third-order valence-corrected chi connectivity index (χ3v) is 8.73. The van der Waals surface area contributed by atoms with Crippen molar-refractivity contribution in [1.82, 2.24) is 19.9 Å². The molecule has 7 heterocycles. The van der Waals surface area contributed by atoms with Gasteiger partial charge in [0.25, 0.3) is 5.56 Å². The van der Waals surface area contributed by atoms with Gasteiger partial charge in [-0.3, -0.25) is 14.8 Å². The Bertz CT molecular complexity index is 1410. The molecule has 0 amide bonds. The van der Waals surface area contributed by atoms with Gasteiger partial charge >= 0.3 is 0 Å². The lowest BCUT2D eigenvalue weighted by Crippen LogP contribution is -2.62. The van der Waals surface area contributed by atoms with Crippen LogP contribution in [-0.2, 0) is 29.8 Å². The number of aliphatic hydroxyl groups is 1. The van der Waals surface area contributed by atoms with Gasteiger partial charge in [-0.25, -0.2) is 4.39 Å². The Morgan fingerprint density at radius 1 is 1.17 bits per heavy atom. The number of aryl methyl sites for hydroxylation is 1. The lowest BCUT2D eigenvalue weighted by Gasteiger charge is -2.55. The molecule has 2 N–H and O–H groups in total. The number of nitrogens with one attached hydrogen (secondary N) is 1.